The molecule has 0 aliphatic carbocycles. The lowest BCUT2D eigenvalue weighted by Gasteiger charge is -2.33. The van der Waals surface area contributed by atoms with Crippen LogP contribution in [0.15, 0.2) is 41.1 Å². The van der Waals surface area contributed by atoms with Crippen molar-refractivity contribution < 1.29 is 9.21 Å². The Labute approximate surface area is 124 Å². The van der Waals surface area contributed by atoms with E-state index in [-0.39, 0.29) is 5.91 Å². The van der Waals surface area contributed by atoms with Gasteiger partial charge in [0, 0.05) is 31.7 Å². The second kappa shape index (κ2) is 6.10. The number of likely N-dealkylation sites (N-methyl/N-ethyl adjacent to an activating group) is 1. The number of hydrogen-bond donors (Lipinski definition) is 0. The summed E-state index contributed by atoms with van der Waals surface area (Å²) in [6.07, 6.45) is 1.35. The quantitative estimate of drug-likeness (QED) is 0.866. The number of hydrogen-bond acceptors (Lipinski definition) is 4. The SMILES string of the molecule is CCN1CCN(C(=O)c2ncoc2-c2ccccc2)CC1. The highest BCUT2D eigenvalue weighted by molar-refractivity contribution is 5.97. The molecule has 3 rings (SSSR count). The van der Waals surface area contributed by atoms with E-state index >= 15 is 0 Å². The van der Waals surface area contributed by atoms with Gasteiger partial charge in [-0.1, -0.05) is 37.3 Å². The zero-order valence-corrected chi connectivity index (χ0v) is 12.2. The van der Waals surface area contributed by atoms with Crippen molar-refractivity contribution in [1.82, 2.24) is 14.8 Å². The zero-order chi connectivity index (χ0) is 14.7. The van der Waals surface area contributed by atoms with Crippen LogP contribution in [-0.2, 0) is 0 Å². The van der Waals surface area contributed by atoms with E-state index in [1.54, 1.807) is 0 Å². The van der Waals surface area contributed by atoms with E-state index in [0.717, 1.165) is 38.3 Å². The average Bonchev–Trinajstić information content (AvgIpc) is 3.04. The standard InChI is InChI=1S/C16H19N3O2/c1-2-18-8-10-19(11-9-18)16(20)14-15(21-12-17-14)13-6-4-3-5-7-13/h3-7,12H,2,8-11H2,1H3. The van der Waals surface area contributed by atoms with Crippen LogP contribution in [0, 0.1) is 0 Å². The van der Waals surface area contributed by atoms with E-state index in [4.69, 9.17) is 4.42 Å². The van der Waals surface area contributed by atoms with Crippen molar-refractivity contribution in [3.05, 3.63) is 42.4 Å². The first-order valence-electron chi connectivity index (χ1n) is 7.30. The van der Waals surface area contributed by atoms with Gasteiger partial charge in [-0.25, -0.2) is 4.98 Å². The Kier molecular flexibility index (Phi) is 4.01. The lowest BCUT2D eigenvalue weighted by Crippen LogP contribution is -2.48. The van der Waals surface area contributed by atoms with Gasteiger partial charge < -0.3 is 14.2 Å². The van der Waals surface area contributed by atoms with Gasteiger partial charge in [-0.05, 0) is 6.54 Å². The summed E-state index contributed by atoms with van der Waals surface area (Å²) in [5.41, 5.74) is 1.29. The normalized spacial score (nSPS) is 16.1. The molecule has 1 aromatic carbocycles. The first kappa shape index (κ1) is 13.8. The summed E-state index contributed by atoms with van der Waals surface area (Å²) in [6, 6.07) is 9.63. The lowest BCUT2D eigenvalue weighted by atomic mass is 10.1. The van der Waals surface area contributed by atoms with Crippen LogP contribution >= 0.6 is 0 Å². The minimum absolute atomic E-state index is 0.0432. The van der Waals surface area contributed by atoms with Gasteiger partial charge in [0.1, 0.15) is 0 Å². The van der Waals surface area contributed by atoms with Gasteiger partial charge in [0.15, 0.2) is 17.8 Å². The number of aromatic nitrogens is 1. The van der Waals surface area contributed by atoms with Crippen LogP contribution in [0.2, 0.25) is 0 Å². The highest BCUT2D eigenvalue weighted by Crippen LogP contribution is 2.24. The van der Waals surface area contributed by atoms with Crippen molar-refractivity contribution in [2.75, 3.05) is 32.7 Å². The smallest absolute Gasteiger partial charge is 0.276 e. The van der Waals surface area contributed by atoms with Crippen molar-refractivity contribution in [2.45, 2.75) is 6.92 Å². The molecule has 1 aliphatic rings. The van der Waals surface area contributed by atoms with Crippen molar-refractivity contribution in [1.29, 1.82) is 0 Å². The van der Waals surface area contributed by atoms with Gasteiger partial charge in [0.2, 0.25) is 0 Å². The van der Waals surface area contributed by atoms with Gasteiger partial charge in [-0.3, -0.25) is 4.79 Å². The van der Waals surface area contributed by atoms with E-state index in [9.17, 15) is 4.79 Å². The molecule has 0 atom stereocenters. The van der Waals surface area contributed by atoms with Crippen LogP contribution in [0.5, 0.6) is 0 Å². The largest absolute Gasteiger partial charge is 0.443 e. The van der Waals surface area contributed by atoms with Crippen LogP contribution in [0.3, 0.4) is 0 Å². The number of carbonyl (C=O) groups is 1. The molecule has 5 heteroatoms. The van der Waals surface area contributed by atoms with Crippen LogP contribution in [0.4, 0.5) is 0 Å². The van der Waals surface area contributed by atoms with E-state index in [1.807, 2.05) is 35.2 Å². The maximum absolute atomic E-state index is 12.6. The summed E-state index contributed by atoms with van der Waals surface area (Å²) < 4.78 is 5.44. The van der Waals surface area contributed by atoms with Gasteiger partial charge in [0.05, 0.1) is 0 Å². The van der Waals surface area contributed by atoms with Crippen molar-refractivity contribution in [3.63, 3.8) is 0 Å². The average molecular weight is 285 g/mol. The van der Waals surface area contributed by atoms with Crippen molar-refractivity contribution >= 4 is 5.91 Å². The molecule has 0 unspecified atom stereocenters. The summed E-state index contributed by atoms with van der Waals surface area (Å²) in [5, 5.41) is 0. The van der Waals surface area contributed by atoms with Crippen LogP contribution in [-0.4, -0.2) is 53.4 Å². The Morgan fingerprint density at radius 2 is 1.90 bits per heavy atom. The van der Waals surface area contributed by atoms with Crippen LogP contribution < -0.4 is 0 Å². The molecule has 2 aromatic rings. The van der Waals surface area contributed by atoms with Gasteiger partial charge in [0.25, 0.3) is 5.91 Å². The number of amides is 1. The molecule has 0 saturated carbocycles. The molecule has 1 fully saturated rings. The summed E-state index contributed by atoms with van der Waals surface area (Å²) in [7, 11) is 0. The third-order valence-electron chi connectivity index (χ3n) is 3.91. The molecule has 1 saturated heterocycles. The van der Waals surface area contributed by atoms with E-state index in [2.05, 4.69) is 16.8 Å². The molecular weight excluding hydrogens is 266 g/mol. The Morgan fingerprint density at radius 3 is 2.57 bits per heavy atom. The number of rotatable bonds is 3. The zero-order valence-electron chi connectivity index (χ0n) is 12.2. The minimum atomic E-state index is -0.0432. The van der Waals surface area contributed by atoms with E-state index < -0.39 is 0 Å². The van der Waals surface area contributed by atoms with Crippen LogP contribution in [0.1, 0.15) is 17.4 Å². The van der Waals surface area contributed by atoms with E-state index in [1.165, 1.54) is 6.39 Å². The van der Waals surface area contributed by atoms with Crippen molar-refractivity contribution in [3.8, 4) is 11.3 Å². The highest BCUT2D eigenvalue weighted by atomic mass is 16.3. The number of carbonyl (C=O) groups excluding carboxylic acids is 1. The van der Waals surface area contributed by atoms with Crippen molar-refractivity contribution in [2.24, 2.45) is 0 Å². The fourth-order valence-electron chi connectivity index (χ4n) is 2.61. The Balaban J connectivity index is 1.79. The lowest BCUT2D eigenvalue weighted by molar-refractivity contribution is 0.0638. The molecule has 0 radical (unpaired) electrons. The second-order valence-electron chi connectivity index (χ2n) is 5.12. The van der Waals surface area contributed by atoms with Gasteiger partial charge >= 0.3 is 0 Å². The Hall–Kier alpha value is -2.14. The summed E-state index contributed by atoms with van der Waals surface area (Å²) in [4.78, 5) is 21.0. The van der Waals surface area contributed by atoms with Crippen LogP contribution in [0.25, 0.3) is 11.3 Å². The molecule has 1 amide bonds. The molecule has 5 nitrogen and oxygen atoms in total. The first-order valence-corrected chi connectivity index (χ1v) is 7.30. The van der Waals surface area contributed by atoms with Gasteiger partial charge in [-0.15, -0.1) is 0 Å². The molecule has 0 N–H and O–H groups in total. The number of piperazine rings is 1. The summed E-state index contributed by atoms with van der Waals surface area (Å²) in [6.45, 7) is 6.49. The molecule has 0 spiro atoms. The Morgan fingerprint density at radius 1 is 1.19 bits per heavy atom. The summed E-state index contributed by atoms with van der Waals surface area (Å²) >= 11 is 0. The van der Waals surface area contributed by atoms with Gasteiger partial charge in [-0.2, -0.15) is 0 Å². The highest BCUT2D eigenvalue weighted by Gasteiger charge is 2.26. The molecule has 1 aliphatic heterocycles. The van der Waals surface area contributed by atoms with E-state index in [0.29, 0.717) is 11.5 Å². The minimum Gasteiger partial charge on any atom is -0.443 e. The Bertz CT molecular complexity index is 601. The first-order chi connectivity index (χ1) is 10.3. The molecule has 1 aromatic heterocycles. The molecule has 21 heavy (non-hydrogen) atoms. The maximum atomic E-state index is 12.6. The summed E-state index contributed by atoms with van der Waals surface area (Å²) in [5.74, 6) is 0.511. The monoisotopic (exact) mass is 285 g/mol. The second-order valence-corrected chi connectivity index (χ2v) is 5.12. The predicted molar refractivity (Wildman–Crippen MR) is 80.0 cm³/mol. The number of nitrogens with zero attached hydrogens (tertiary/aromatic N) is 3. The topological polar surface area (TPSA) is 49.6 Å². The predicted octanol–water partition coefficient (Wildman–Crippen LogP) is 2.12. The maximum Gasteiger partial charge on any atom is 0.276 e. The molecule has 2 heterocycles. The fraction of sp³-hybridized carbons (Fsp3) is 0.375. The third-order valence-corrected chi connectivity index (χ3v) is 3.91. The number of benzene rings is 1. The third kappa shape index (κ3) is 2.83. The molecule has 110 valence electrons. The molecular formula is C16H19N3O2. The number of oxazole rings is 1. The fourth-order valence-corrected chi connectivity index (χ4v) is 2.61. The molecule has 0 bridgehead atoms.